The molecule has 1 aromatic carbocycles. The molecule has 0 spiro atoms. The zero-order valence-corrected chi connectivity index (χ0v) is 9.79. The van der Waals surface area contributed by atoms with Gasteiger partial charge in [0.15, 0.2) is 0 Å². The summed E-state index contributed by atoms with van der Waals surface area (Å²) in [4.78, 5) is 17.0. The number of benzene rings is 1. The molecule has 2 rings (SSSR count). The molecule has 1 aromatic heterocycles. The Balaban J connectivity index is 2.39. The number of carboxylic acid groups (broad SMARTS) is 1. The van der Waals surface area contributed by atoms with Gasteiger partial charge in [-0.1, -0.05) is 18.2 Å². The van der Waals surface area contributed by atoms with Crippen molar-refractivity contribution in [1.82, 2.24) is 4.98 Å². The van der Waals surface area contributed by atoms with Crippen molar-refractivity contribution in [3.8, 4) is 0 Å². The van der Waals surface area contributed by atoms with Crippen molar-refractivity contribution < 1.29 is 9.90 Å². The summed E-state index contributed by atoms with van der Waals surface area (Å²) < 4.78 is 0. The lowest BCUT2D eigenvalue weighted by Crippen LogP contribution is -2.36. The normalized spacial score (nSPS) is 12.4. The quantitative estimate of drug-likeness (QED) is 0.877. The van der Waals surface area contributed by atoms with E-state index in [4.69, 9.17) is 5.11 Å². The Hall–Kier alpha value is -2.10. The molecule has 1 atom stereocenters. The molecule has 0 saturated carbocycles. The van der Waals surface area contributed by atoms with Crippen LogP contribution < -0.4 is 4.90 Å². The number of likely N-dealkylation sites (N-methyl/N-ethyl adjacent to an activating group) is 1. The predicted molar refractivity (Wildman–Crippen MR) is 67.2 cm³/mol. The molecule has 4 heteroatoms. The van der Waals surface area contributed by atoms with E-state index >= 15 is 0 Å². The lowest BCUT2D eigenvalue weighted by atomic mass is 10.2. The number of hydrogen-bond acceptors (Lipinski definition) is 3. The number of para-hydroxylation sites is 1. The molecule has 1 heterocycles. The van der Waals surface area contributed by atoms with Crippen LogP contribution >= 0.6 is 0 Å². The van der Waals surface area contributed by atoms with Crippen molar-refractivity contribution in [1.29, 1.82) is 0 Å². The van der Waals surface area contributed by atoms with Gasteiger partial charge in [0.05, 0.1) is 5.52 Å². The second-order valence-electron chi connectivity index (χ2n) is 3.99. The standard InChI is InChI=1S/C13H14N2O2/c1-9(13(16)17)15(2)12-8-7-10-5-3-4-6-11(10)14-12/h3-9H,1-2H3,(H,16,17). The summed E-state index contributed by atoms with van der Waals surface area (Å²) in [5, 5.41) is 10.0. The molecule has 2 aromatic rings. The highest BCUT2D eigenvalue weighted by atomic mass is 16.4. The minimum atomic E-state index is -0.859. The van der Waals surface area contributed by atoms with Crippen LogP contribution in [0.15, 0.2) is 36.4 Å². The maximum atomic E-state index is 10.9. The summed E-state index contributed by atoms with van der Waals surface area (Å²) in [5.74, 6) is -0.193. The Morgan fingerprint density at radius 3 is 2.71 bits per heavy atom. The van der Waals surface area contributed by atoms with Crippen LogP contribution in [0.25, 0.3) is 10.9 Å². The van der Waals surface area contributed by atoms with Gasteiger partial charge in [-0.3, -0.25) is 0 Å². The maximum absolute atomic E-state index is 10.9. The molecule has 0 aliphatic heterocycles. The fourth-order valence-corrected chi connectivity index (χ4v) is 1.62. The summed E-state index contributed by atoms with van der Waals surface area (Å²) in [5.41, 5.74) is 0.870. The van der Waals surface area contributed by atoms with Gasteiger partial charge in [0.1, 0.15) is 11.9 Å². The van der Waals surface area contributed by atoms with E-state index in [0.29, 0.717) is 5.82 Å². The third kappa shape index (κ3) is 2.20. The van der Waals surface area contributed by atoms with Crippen molar-refractivity contribution in [2.75, 3.05) is 11.9 Å². The number of rotatable bonds is 3. The Kier molecular flexibility index (Phi) is 2.95. The van der Waals surface area contributed by atoms with E-state index < -0.39 is 12.0 Å². The van der Waals surface area contributed by atoms with Crippen LogP contribution in [0.4, 0.5) is 5.82 Å². The van der Waals surface area contributed by atoms with Crippen LogP contribution in [0.5, 0.6) is 0 Å². The van der Waals surface area contributed by atoms with Crippen LogP contribution in [0.2, 0.25) is 0 Å². The monoisotopic (exact) mass is 230 g/mol. The van der Waals surface area contributed by atoms with E-state index in [2.05, 4.69) is 4.98 Å². The highest BCUT2D eigenvalue weighted by molar-refractivity contribution is 5.82. The smallest absolute Gasteiger partial charge is 0.326 e. The number of carbonyl (C=O) groups is 1. The molecular weight excluding hydrogens is 216 g/mol. The maximum Gasteiger partial charge on any atom is 0.326 e. The van der Waals surface area contributed by atoms with Gasteiger partial charge in [-0.25, -0.2) is 9.78 Å². The van der Waals surface area contributed by atoms with Crippen molar-refractivity contribution >= 4 is 22.7 Å². The molecule has 0 amide bonds. The first-order chi connectivity index (χ1) is 8.09. The Labute approximate surface area is 99.5 Å². The first-order valence-electron chi connectivity index (χ1n) is 5.41. The molecule has 0 aliphatic carbocycles. The van der Waals surface area contributed by atoms with Gasteiger partial charge >= 0.3 is 5.97 Å². The number of carboxylic acids is 1. The fraction of sp³-hybridized carbons (Fsp3) is 0.231. The molecular formula is C13H14N2O2. The van der Waals surface area contributed by atoms with Crippen LogP contribution in [0.1, 0.15) is 6.92 Å². The van der Waals surface area contributed by atoms with Crippen LogP contribution in [0.3, 0.4) is 0 Å². The second kappa shape index (κ2) is 4.41. The molecule has 0 radical (unpaired) electrons. The molecule has 1 N–H and O–H groups in total. The Morgan fingerprint density at radius 1 is 1.29 bits per heavy atom. The summed E-state index contributed by atoms with van der Waals surface area (Å²) in [6.45, 7) is 1.64. The summed E-state index contributed by atoms with van der Waals surface area (Å²) in [7, 11) is 1.73. The first kappa shape index (κ1) is 11.4. The molecule has 0 fully saturated rings. The van der Waals surface area contributed by atoms with Gasteiger partial charge in [-0.05, 0) is 25.1 Å². The van der Waals surface area contributed by atoms with Gasteiger partial charge in [0.25, 0.3) is 0 Å². The van der Waals surface area contributed by atoms with E-state index in [1.54, 1.807) is 18.9 Å². The fourth-order valence-electron chi connectivity index (χ4n) is 1.62. The second-order valence-corrected chi connectivity index (χ2v) is 3.99. The number of pyridine rings is 1. The first-order valence-corrected chi connectivity index (χ1v) is 5.41. The molecule has 0 aliphatic rings. The van der Waals surface area contributed by atoms with E-state index in [1.807, 2.05) is 36.4 Å². The average molecular weight is 230 g/mol. The predicted octanol–water partition coefficient (Wildman–Crippen LogP) is 2.14. The van der Waals surface area contributed by atoms with Gasteiger partial charge in [0, 0.05) is 12.4 Å². The van der Waals surface area contributed by atoms with E-state index in [-0.39, 0.29) is 0 Å². The molecule has 0 bridgehead atoms. The van der Waals surface area contributed by atoms with Crippen molar-refractivity contribution in [2.24, 2.45) is 0 Å². The molecule has 1 unspecified atom stereocenters. The number of nitrogens with zero attached hydrogens (tertiary/aromatic N) is 2. The van der Waals surface area contributed by atoms with Gasteiger partial charge in [-0.15, -0.1) is 0 Å². The summed E-state index contributed by atoms with van der Waals surface area (Å²) in [6, 6.07) is 11.0. The minimum absolute atomic E-state index is 0.594. The molecule has 0 saturated heterocycles. The van der Waals surface area contributed by atoms with E-state index in [0.717, 1.165) is 10.9 Å². The number of fused-ring (bicyclic) bond motifs is 1. The minimum Gasteiger partial charge on any atom is -0.480 e. The SMILES string of the molecule is CC(C(=O)O)N(C)c1ccc2ccccc2n1. The third-order valence-electron chi connectivity index (χ3n) is 2.88. The summed E-state index contributed by atoms with van der Waals surface area (Å²) in [6.07, 6.45) is 0. The number of aromatic nitrogens is 1. The van der Waals surface area contributed by atoms with Crippen LogP contribution in [0, 0.1) is 0 Å². The van der Waals surface area contributed by atoms with Crippen LogP contribution in [-0.2, 0) is 4.79 Å². The molecule has 17 heavy (non-hydrogen) atoms. The average Bonchev–Trinajstić information content (AvgIpc) is 2.36. The van der Waals surface area contributed by atoms with E-state index in [9.17, 15) is 4.79 Å². The summed E-state index contributed by atoms with van der Waals surface area (Å²) >= 11 is 0. The number of hydrogen-bond donors (Lipinski definition) is 1. The van der Waals surface area contributed by atoms with Crippen molar-refractivity contribution in [2.45, 2.75) is 13.0 Å². The topological polar surface area (TPSA) is 53.4 Å². The van der Waals surface area contributed by atoms with Gasteiger partial charge in [0.2, 0.25) is 0 Å². The van der Waals surface area contributed by atoms with Crippen molar-refractivity contribution in [3.05, 3.63) is 36.4 Å². The van der Waals surface area contributed by atoms with E-state index in [1.165, 1.54) is 0 Å². The molecule has 88 valence electrons. The van der Waals surface area contributed by atoms with Gasteiger partial charge < -0.3 is 10.0 Å². The Morgan fingerprint density at radius 2 is 2.00 bits per heavy atom. The lowest BCUT2D eigenvalue weighted by molar-refractivity contribution is -0.138. The zero-order chi connectivity index (χ0) is 12.4. The molecule has 4 nitrogen and oxygen atoms in total. The zero-order valence-electron chi connectivity index (χ0n) is 9.79. The largest absolute Gasteiger partial charge is 0.480 e. The number of anilines is 1. The lowest BCUT2D eigenvalue weighted by Gasteiger charge is -2.22. The van der Waals surface area contributed by atoms with Crippen molar-refractivity contribution in [3.63, 3.8) is 0 Å². The third-order valence-corrected chi connectivity index (χ3v) is 2.88. The highest BCUT2D eigenvalue weighted by Gasteiger charge is 2.17. The number of aliphatic carboxylic acids is 1. The highest BCUT2D eigenvalue weighted by Crippen LogP contribution is 2.18. The Bertz CT molecular complexity index is 554. The van der Waals surface area contributed by atoms with Gasteiger partial charge in [-0.2, -0.15) is 0 Å². The van der Waals surface area contributed by atoms with Crippen LogP contribution in [-0.4, -0.2) is 29.1 Å².